The monoisotopic (exact) mass is 1240 g/mol. The number of aliphatic hydroxyl groups is 1. The van der Waals surface area contributed by atoms with Crippen molar-refractivity contribution in [3.63, 3.8) is 0 Å². The number of hydrogen-bond acceptors (Lipinski definition) is 19. The van der Waals surface area contributed by atoms with Crippen LogP contribution in [0.25, 0.3) is 0 Å². The number of ether oxygens (including phenoxy) is 1. The standard InChI is InChI=1S/C51H82N13O19.Fe/c1-8-9-10-11-12-13-14-21-40(69)57-39-29-83-43(72)27-54-46(74)35(18-15-22-62(80)32(5)66)56-41(70)25-52-45(73)31(4)55-48(76)37(20-17-24-64(82)34(7)68)59-49(77)38(28-65)60-51(79)44(30(2)3)61-42(71)26-53-47(75)36(58-50(39)78)19-16-23-63(81)33(6)67;/h13-14,30-31,35-39,44,65H,8-12,15-29H2,1-7H3,(H,52,73)(H,53,75)(H,54,74)(H,55,76)(H,56,70)(H,57,69)(H,58,78)(H,59,77)(H,60,79)(H,61,71);/q-3;+3. The van der Waals surface area contributed by atoms with Gasteiger partial charge in [-0.25, -0.2) is 0 Å². The number of unbranched alkanes of at least 4 members (excludes halogenated alkanes) is 4. The van der Waals surface area contributed by atoms with E-state index in [9.17, 15) is 87.9 Å². The van der Waals surface area contributed by atoms with E-state index in [4.69, 9.17) is 4.74 Å². The first-order valence-corrected chi connectivity index (χ1v) is 27.3. The van der Waals surface area contributed by atoms with E-state index in [2.05, 4.69) is 53.2 Å². The molecular weight excluding hydrogens is 1150 g/mol. The molecule has 84 heavy (non-hydrogen) atoms. The maximum absolute atomic E-state index is 14.0. The molecule has 0 aliphatic carbocycles. The van der Waals surface area contributed by atoms with Gasteiger partial charge in [-0.15, -0.1) is 0 Å². The summed E-state index contributed by atoms with van der Waals surface area (Å²) >= 11 is 0. The molecule has 1 rings (SSSR count). The molecule has 7 unspecified atom stereocenters. The SMILES string of the molecule is CCCCCCC=CCC(=O)NC1COC(=O)CNC(=O)C(CCCN([O-])C(C)=O)NC(=O)CNC(=O)C(C)NC(=O)C(CCCN([O-])C(C)=O)NC(=O)C(CO)NC(=O)C(C(C)C)NC(=O)CNC(=O)C(CCCN([O-])C(C)=O)NC1=O.[Fe+3]. The molecule has 0 aromatic heterocycles. The summed E-state index contributed by atoms with van der Waals surface area (Å²) in [5, 5.41) is 69.9. The zero-order valence-corrected chi connectivity index (χ0v) is 49.5. The molecule has 0 bridgehead atoms. The van der Waals surface area contributed by atoms with Crippen LogP contribution in [0, 0.1) is 21.5 Å². The van der Waals surface area contributed by atoms with E-state index >= 15 is 0 Å². The van der Waals surface area contributed by atoms with Gasteiger partial charge in [-0.05, 0) is 64.2 Å². The molecule has 0 aromatic rings. The normalized spacial score (nSPS) is 21.6. The maximum atomic E-state index is 14.0. The Bertz CT molecular complexity index is 2280. The smallest absolute Gasteiger partial charge is 0.756 e. The van der Waals surface area contributed by atoms with Crippen molar-refractivity contribution in [2.45, 2.75) is 168 Å². The fourth-order valence-corrected chi connectivity index (χ4v) is 7.53. The van der Waals surface area contributed by atoms with Crippen molar-refractivity contribution in [3.05, 3.63) is 27.8 Å². The van der Waals surface area contributed by atoms with Crippen LogP contribution in [-0.4, -0.2) is 198 Å². The van der Waals surface area contributed by atoms with Crippen LogP contribution in [0.15, 0.2) is 12.2 Å². The Kier molecular flexibility index (Phi) is 38.0. The number of esters is 1. The molecule has 1 saturated heterocycles. The molecular formula is C51H82FeN13O19. The van der Waals surface area contributed by atoms with E-state index in [1.165, 1.54) is 20.8 Å². The van der Waals surface area contributed by atoms with Gasteiger partial charge >= 0.3 is 23.0 Å². The second-order valence-corrected chi connectivity index (χ2v) is 19.8. The van der Waals surface area contributed by atoms with Crippen LogP contribution in [0.3, 0.4) is 0 Å². The maximum Gasteiger partial charge on any atom is 3.00 e. The number of carbonyl (C=O) groups excluding carboxylic acids is 14. The number of allylic oxidation sites excluding steroid dienone is 1. The largest absolute Gasteiger partial charge is 3.00 e. The number of amides is 13. The summed E-state index contributed by atoms with van der Waals surface area (Å²) in [6.07, 6.45) is 5.97. The van der Waals surface area contributed by atoms with Gasteiger partial charge in [-0.1, -0.05) is 52.2 Å². The van der Waals surface area contributed by atoms with Crippen molar-refractivity contribution in [1.29, 1.82) is 0 Å². The van der Waals surface area contributed by atoms with Gasteiger partial charge in [0.2, 0.25) is 76.8 Å². The fourth-order valence-electron chi connectivity index (χ4n) is 7.53. The number of nitrogens with zero attached hydrogens (tertiary/aromatic N) is 3. The Hall–Kier alpha value is -7.32. The molecule has 1 aliphatic rings. The van der Waals surface area contributed by atoms with E-state index in [-0.39, 0.29) is 77.2 Å². The zero-order valence-electron chi connectivity index (χ0n) is 48.4. The van der Waals surface area contributed by atoms with Crippen LogP contribution in [0.4, 0.5) is 0 Å². The molecule has 1 aliphatic heterocycles. The third-order valence-electron chi connectivity index (χ3n) is 12.4. The number of hydrogen-bond donors (Lipinski definition) is 11. The van der Waals surface area contributed by atoms with Crippen LogP contribution >= 0.6 is 0 Å². The fraction of sp³-hybridized carbons (Fsp3) is 0.686. The first-order chi connectivity index (χ1) is 39.1. The van der Waals surface area contributed by atoms with Crippen molar-refractivity contribution < 1.29 is 94.0 Å². The van der Waals surface area contributed by atoms with Crippen molar-refractivity contribution in [1.82, 2.24) is 68.4 Å². The summed E-state index contributed by atoms with van der Waals surface area (Å²) in [4.78, 5) is 183. The molecule has 0 spiro atoms. The molecule has 11 N–H and O–H groups in total. The predicted molar refractivity (Wildman–Crippen MR) is 294 cm³/mol. The van der Waals surface area contributed by atoms with Gasteiger partial charge < -0.3 is 93.8 Å². The minimum absolute atomic E-state index is 0. The van der Waals surface area contributed by atoms with Crippen LogP contribution in [0.1, 0.15) is 126 Å². The Labute approximate surface area is 497 Å². The molecule has 13 amide bonds. The molecule has 1 fully saturated rings. The van der Waals surface area contributed by atoms with Gasteiger partial charge in [0.1, 0.15) is 55.4 Å². The topological polar surface area (TPSA) is 468 Å². The molecule has 1 radical (unpaired) electrons. The average molecular weight is 1240 g/mol. The molecule has 7 atom stereocenters. The third-order valence-corrected chi connectivity index (χ3v) is 12.4. The summed E-state index contributed by atoms with van der Waals surface area (Å²) in [5.41, 5.74) is 0. The van der Waals surface area contributed by atoms with Gasteiger partial charge in [0.25, 0.3) is 0 Å². The number of rotatable bonds is 22. The van der Waals surface area contributed by atoms with E-state index in [1.54, 1.807) is 12.2 Å². The number of cyclic esters (lactones) is 1. The third kappa shape index (κ3) is 31.4. The van der Waals surface area contributed by atoms with Gasteiger partial charge in [-0.2, -0.15) is 0 Å². The zero-order chi connectivity index (χ0) is 62.8. The van der Waals surface area contributed by atoms with Crippen molar-refractivity contribution >= 4 is 82.8 Å². The molecule has 32 nitrogen and oxygen atoms in total. The van der Waals surface area contributed by atoms with Gasteiger partial charge in [-0.3, -0.25) is 67.1 Å². The van der Waals surface area contributed by atoms with Crippen molar-refractivity contribution in [2.75, 3.05) is 52.5 Å². The number of nitrogens with one attached hydrogen (secondary N) is 10. The summed E-state index contributed by atoms with van der Waals surface area (Å²) in [6.45, 7) is 3.26. The Morgan fingerprint density at radius 3 is 1.54 bits per heavy atom. The summed E-state index contributed by atoms with van der Waals surface area (Å²) in [5.74, 6) is -14.7. The molecule has 33 heteroatoms. The van der Waals surface area contributed by atoms with Crippen LogP contribution in [0.5, 0.6) is 0 Å². The summed E-state index contributed by atoms with van der Waals surface area (Å²) in [6, 6.07) is -11.2. The number of aliphatic hydroxyl groups excluding tert-OH is 1. The first-order valence-electron chi connectivity index (χ1n) is 27.3. The average Bonchev–Trinajstić information content (AvgIpc) is 3.54. The minimum Gasteiger partial charge on any atom is -0.756 e. The molecule has 0 aromatic carbocycles. The molecule has 0 saturated carbocycles. The first kappa shape index (κ1) is 76.7. The van der Waals surface area contributed by atoms with E-state index < -0.39 is 183 Å². The Balaban J connectivity index is 0.0000689. The van der Waals surface area contributed by atoms with Crippen molar-refractivity contribution in [3.8, 4) is 0 Å². The second kappa shape index (κ2) is 41.6. The summed E-state index contributed by atoms with van der Waals surface area (Å²) in [7, 11) is 0. The van der Waals surface area contributed by atoms with Gasteiger partial charge in [0.05, 0.1) is 19.7 Å². The minimum atomic E-state index is -1.81. The van der Waals surface area contributed by atoms with E-state index in [1.807, 2.05) is 6.92 Å². The van der Waals surface area contributed by atoms with Crippen LogP contribution in [0.2, 0.25) is 0 Å². The molecule has 473 valence electrons. The predicted octanol–water partition coefficient (Wildman–Crippen LogP) is -3.75. The van der Waals surface area contributed by atoms with Crippen LogP contribution in [-0.2, 0) is 88.9 Å². The second-order valence-electron chi connectivity index (χ2n) is 19.8. The van der Waals surface area contributed by atoms with Gasteiger partial charge in [0.15, 0.2) is 0 Å². The van der Waals surface area contributed by atoms with E-state index in [0.717, 1.165) is 46.5 Å². The number of carbonyl (C=O) groups is 14. The molecule has 1 heterocycles. The quantitative estimate of drug-likeness (QED) is 0.0163. The van der Waals surface area contributed by atoms with Crippen LogP contribution < -0.4 is 53.2 Å². The van der Waals surface area contributed by atoms with E-state index in [0.29, 0.717) is 6.42 Å². The Morgan fingerprint density at radius 2 is 1.04 bits per heavy atom. The number of hydroxylamine groups is 6. The Morgan fingerprint density at radius 1 is 0.583 bits per heavy atom. The van der Waals surface area contributed by atoms with Crippen molar-refractivity contribution in [2.24, 2.45) is 5.92 Å². The van der Waals surface area contributed by atoms with Gasteiger partial charge in [0, 0.05) is 46.8 Å². The summed E-state index contributed by atoms with van der Waals surface area (Å²) < 4.78 is 5.27.